The van der Waals surface area contributed by atoms with E-state index in [1.54, 1.807) is 17.0 Å². The number of H-pyrrole nitrogens is 1. The van der Waals surface area contributed by atoms with Gasteiger partial charge in [0.1, 0.15) is 5.56 Å². The lowest BCUT2D eigenvalue weighted by molar-refractivity contribution is 0.0734. The summed E-state index contributed by atoms with van der Waals surface area (Å²) in [6.45, 7) is 0.667. The van der Waals surface area contributed by atoms with Gasteiger partial charge in [-0.3, -0.25) is 9.59 Å². The van der Waals surface area contributed by atoms with Crippen molar-refractivity contribution in [2.75, 3.05) is 6.54 Å². The van der Waals surface area contributed by atoms with E-state index in [1.165, 1.54) is 6.20 Å². The first-order valence-electron chi connectivity index (χ1n) is 6.91. The summed E-state index contributed by atoms with van der Waals surface area (Å²) in [5.74, 6) is -0.214. The largest absolute Gasteiger partial charge is 0.331 e. The molecule has 4 nitrogen and oxygen atoms in total. The number of aromatic nitrogens is 1. The van der Waals surface area contributed by atoms with Gasteiger partial charge in [-0.15, -0.1) is 0 Å². The van der Waals surface area contributed by atoms with Gasteiger partial charge in [-0.05, 0) is 42.7 Å². The van der Waals surface area contributed by atoms with Crippen LogP contribution in [0.15, 0.2) is 47.4 Å². The normalized spacial score (nSPS) is 18.0. The van der Waals surface area contributed by atoms with Crippen molar-refractivity contribution in [2.24, 2.45) is 0 Å². The lowest BCUT2D eigenvalue weighted by Gasteiger charge is -2.25. The fourth-order valence-electron chi connectivity index (χ4n) is 2.79. The van der Waals surface area contributed by atoms with E-state index in [4.69, 9.17) is 11.6 Å². The summed E-state index contributed by atoms with van der Waals surface area (Å²) in [5, 5.41) is 0.675. The maximum Gasteiger partial charge on any atom is 0.260 e. The molecule has 1 aromatic carbocycles. The third-order valence-electron chi connectivity index (χ3n) is 3.82. The zero-order valence-corrected chi connectivity index (χ0v) is 12.1. The molecular formula is C16H15ClN2O2. The topological polar surface area (TPSA) is 53.2 Å². The van der Waals surface area contributed by atoms with Crippen LogP contribution >= 0.6 is 11.6 Å². The maximum atomic E-state index is 12.6. The Morgan fingerprint density at radius 1 is 1.24 bits per heavy atom. The smallest absolute Gasteiger partial charge is 0.260 e. The van der Waals surface area contributed by atoms with Gasteiger partial charge in [-0.2, -0.15) is 0 Å². The van der Waals surface area contributed by atoms with Crippen LogP contribution in [0.5, 0.6) is 0 Å². The summed E-state index contributed by atoms with van der Waals surface area (Å²) in [6.07, 6.45) is 3.36. The van der Waals surface area contributed by atoms with Crippen molar-refractivity contribution >= 4 is 17.5 Å². The number of aromatic amines is 1. The number of carbonyl (C=O) groups excluding carboxylic acids is 1. The predicted octanol–water partition coefficient (Wildman–Crippen LogP) is 3.01. The Kier molecular flexibility index (Phi) is 3.80. The van der Waals surface area contributed by atoms with E-state index < -0.39 is 0 Å². The van der Waals surface area contributed by atoms with Crippen molar-refractivity contribution < 1.29 is 4.79 Å². The van der Waals surface area contributed by atoms with Gasteiger partial charge in [0.2, 0.25) is 0 Å². The molecule has 0 unspecified atom stereocenters. The molecular weight excluding hydrogens is 288 g/mol. The number of amides is 1. The standard InChI is InChI=1S/C16H15ClN2O2/c17-12-7-5-11(6-8-12)14-4-2-10-19(14)16(21)13-3-1-9-18-15(13)20/h1,3,5-9,14H,2,4,10H2,(H,18,20)/t14-/m1/s1. The molecule has 1 N–H and O–H groups in total. The molecule has 0 radical (unpaired) electrons. The van der Waals surface area contributed by atoms with Crippen LogP contribution in [0.4, 0.5) is 0 Å². The van der Waals surface area contributed by atoms with Gasteiger partial charge in [0.15, 0.2) is 0 Å². The minimum Gasteiger partial charge on any atom is -0.331 e. The summed E-state index contributed by atoms with van der Waals surface area (Å²) in [7, 11) is 0. The van der Waals surface area contributed by atoms with Crippen LogP contribution in [0.1, 0.15) is 34.8 Å². The minimum atomic E-state index is -0.343. The van der Waals surface area contributed by atoms with Gasteiger partial charge in [-0.25, -0.2) is 0 Å². The molecule has 0 saturated carbocycles. The molecule has 0 spiro atoms. The van der Waals surface area contributed by atoms with E-state index in [1.807, 2.05) is 24.3 Å². The van der Waals surface area contributed by atoms with Crippen molar-refractivity contribution in [2.45, 2.75) is 18.9 Å². The molecule has 5 heteroatoms. The lowest BCUT2D eigenvalue weighted by Crippen LogP contribution is -2.34. The molecule has 1 aromatic heterocycles. The quantitative estimate of drug-likeness (QED) is 0.927. The highest BCUT2D eigenvalue weighted by atomic mass is 35.5. The number of carbonyl (C=O) groups is 1. The van der Waals surface area contributed by atoms with E-state index in [2.05, 4.69) is 4.98 Å². The molecule has 1 saturated heterocycles. The second-order valence-corrected chi connectivity index (χ2v) is 5.56. The third-order valence-corrected chi connectivity index (χ3v) is 4.07. The van der Waals surface area contributed by atoms with Crippen LogP contribution in [-0.4, -0.2) is 22.3 Å². The summed E-state index contributed by atoms with van der Waals surface area (Å²) < 4.78 is 0. The highest BCUT2D eigenvalue weighted by Gasteiger charge is 2.31. The number of pyridine rings is 1. The Morgan fingerprint density at radius 2 is 2.00 bits per heavy atom. The number of likely N-dealkylation sites (tertiary alicyclic amines) is 1. The lowest BCUT2D eigenvalue weighted by atomic mass is 10.0. The van der Waals surface area contributed by atoms with Crippen molar-refractivity contribution in [3.8, 4) is 0 Å². The Morgan fingerprint density at radius 3 is 2.71 bits per heavy atom. The van der Waals surface area contributed by atoms with Crippen LogP contribution in [0, 0.1) is 0 Å². The molecule has 3 rings (SSSR count). The van der Waals surface area contributed by atoms with Gasteiger partial charge >= 0.3 is 0 Å². The van der Waals surface area contributed by atoms with Gasteiger partial charge in [0, 0.05) is 17.8 Å². The maximum absolute atomic E-state index is 12.6. The SMILES string of the molecule is O=C(c1ccc[nH]c1=O)N1CCC[C@@H]1c1ccc(Cl)cc1. The van der Waals surface area contributed by atoms with E-state index in [0.717, 1.165) is 18.4 Å². The van der Waals surface area contributed by atoms with Crippen molar-refractivity contribution in [1.29, 1.82) is 0 Å². The number of benzene rings is 1. The second kappa shape index (κ2) is 5.74. The summed E-state index contributed by atoms with van der Waals surface area (Å²) in [6, 6.07) is 10.8. The number of hydrogen-bond donors (Lipinski definition) is 1. The van der Waals surface area contributed by atoms with Crippen LogP contribution in [-0.2, 0) is 0 Å². The second-order valence-electron chi connectivity index (χ2n) is 5.12. The molecule has 0 bridgehead atoms. The van der Waals surface area contributed by atoms with E-state index in [-0.39, 0.29) is 23.1 Å². The van der Waals surface area contributed by atoms with Gasteiger partial charge in [-0.1, -0.05) is 23.7 Å². The van der Waals surface area contributed by atoms with Crippen LogP contribution in [0.25, 0.3) is 0 Å². The van der Waals surface area contributed by atoms with Crippen molar-refractivity contribution in [3.63, 3.8) is 0 Å². The van der Waals surface area contributed by atoms with E-state index in [0.29, 0.717) is 11.6 Å². The first kappa shape index (κ1) is 13.9. The first-order chi connectivity index (χ1) is 10.2. The predicted molar refractivity (Wildman–Crippen MR) is 81.5 cm³/mol. The summed E-state index contributed by atoms with van der Waals surface area (Å²) in [5.41, 5.74) is 0.903. The van der Waals surface area contributed by atoms with Gasteiger partial charge in [0.25, 0.3) is 11.5 Å². The minimum absolute atomic E-state index is 0.00868. The summed E-state index contributed by atoms with van der Waals surface area (Å²) >= 11 is 5.91. The molecule has 21 heavy (non-hydrogen) atoms. The molecule has 1 atom stereocenters. The Labute approximate surface area is 127 Å². The number of hydrogen-bond acceptors (Lipinski definition) is 2. The van der Waals surface area contributed by atoms with E-state index in [9.17, 15) is 9.59 Å². The zero-order chi connectivity index (χ0) is 14.8. The molecule has 2 aromatic rings. The average Bonchev–Trinajstić information content (AvgIpc) is 2.97. The van der Waals surface area contributed by atoms with Gasteiger partial charge < -0.3 is 9.88 Å². The highest BCUT2D eigenvalue weighted by Crippen LogP contribution is 2.33. The van der Waals surface area contributed by atoms with Crippen LogP contribution in [0.3, 0.4) is 0 Å². The molecule has 1 amide bonds. The Balaban J connectivity index is 1.91. The molecule has 0 aliphatic carbocycles. The number of nitrogens with one attached hydrogen (secondary N) is 1. The molecule has 1 aliphatic rings. The average molecular weight is 303 g/mol. The number of halogens is 1. The highest BCUT2D eigenvalue weighted by molar-refractivity contribution is 6.30. The molecule has 1 aliphatic heterocycles. The fraction of sp³-hybridized carbons (Fsp3) is 0.250. The van der Waals surface area contributed by atoms with Crippen molar-refractivity contribution in [1.82, 2.24) is 9.88 Å². The van der Waals surface area contributed by atoms with Crippen molar-refractivity contribution in [3.05, 3.63) is 69.1 Å². The molecule has 1 fully saturated rings. The van der Waals surface area contributed by atoms with Crippen LogP contribution in [0.2, 0.25) is 5.02 Å². The summed E-state index contributed by atoms with van der Waals surface area (Å²) in [4.78, 5) is 28.7. The third kappa shape index (κ3) is 2.72. The monoisotopic (exact) mass is 302 g/mol. The van der Waals surface area contributed by atoms with Crippen LogP contribution < -0.4 is 5.56 Å². The molecule has 2 heterocycles. The van der Waals surface area contributed by atoms with Gasteiger partial charge in [0.05, 0.1) is 6.04 Å². The molecule has 108 valence electrons. The number of rotatable bonds is 2. The fourth-order valence-corrected chi connectivity index (χ4v) is 2.91. The Bertz CT molecular complexity index is 709. The first-order valence-corrected chi connectivity index (χ1v) is 7.29. The van der Waals surface area contributed by atoms with E-state index >= 15 is 0 Å². The number of nitrogens with zero attached hydrogens (tertiary/aromatic N) is 1. The zero-order valence-electron chi connectivity index (χ0n) is 11.4. The Hall–Kier alpha value is -2.07.